The first-order chi connectivity index (χ1) is 28.5. The van der Waals surface area contributed by atoms with E-state index < -0.39 is 17.6 Å². The van der Waals surface area contributed by atoms with Crippen molar-refractivity contribution >= 4 is 78.2 Å². The van der Waals surface area contributed by atoms with Crippen molar-refractivity contribution in [2.24, 2.45) is 18.7 Å². The Kier molecular flexibility index (Phi) is 9.12. The largest absolute Gasteiger partial charge is 0.381 e. The van der Waals surface area contributed by atoms with E-state index in [0.29, 0.717) is 58.2 Å². The molecule has 13 nitrogen and oxygen atoms in total. The number of carbonyl (C=O) groups excluding carboxylic acids is 4. The lowest BCUT2D eigenvalue weighted by molar-refractivity contribution is -0.134. The minimum atomic E-state index is -0.639. The van der Waals surface area contributed by atoms with Gasteiger partial charge in [-0.3, -0.25) is 34.1 Å². The van der Waals surface area contributed by atoms with Crippen LogP contribution in [0.3, 0.4) is 0 Å². The lowest BCUT2D eigenvalue weighted by atomic mass is 9.69. The summed E-state index contributed by atoms with van der Waals surface area (Å²) in [6.45, 7) is 6.95. The van der Waals surface area contributed by atoms with Crippen LogP contribution in [0.15, 0.2) is 54.6 Å². The summed E-state index contributed by atoms with van der Waals surface area (Å²) in [6, 6.07) is 17.1. The number of benzene rings is 3. The molecule has 2 saturated heterocycles. The van der Waals surface area contributed by atoms with Crippen LogP contribution in [-0.4, -0.2) is 88.6 Å². The molecule has 5 N–H and O–H groups in total. The molecule has 15 heteroatoms. The SMILES string of the molecule is C[C@@H]1CNc2c(sc3ccc4nc(-c5ccc(C(N)=O)c(C6CC(CN7CCN(c8ccc9c(C%10CCC(=O)NC%10=O)nn(C)c9c8)CC7)C6)c5F)ccc4c23)C(=O)N1. The molecule has 0 spiro atoms. The zero-order valence-electron chi connectivity index (χ0n) is 32.8. The minimum absolute atomic E-state index is 0.00756. The van der Waals surface area contributed by atoms with Crippen molar-refractivity contribution in [3.05, 3.63) is 82.1 Å². The number of pyridine rings is 1. The van der Waals surface area contributed by atoms with Gasteiger partial charge in [0.15, 0.2) is 0 Å². The quantitative estimate of drug-likeness (QED) is 0.150. The Bertz CT molecular complexity index is 2750. The third-order valence-electron chi connectivity index (χ3n) is 12.7. The van der Waals surface area contributed by atoms with Gasteiger partial charge in [0.1, 0.15) is 10.7 Å². The maximum absolute atomic E-state index is 16.7. The van der Waals surface area contributed by atoms with E-state index in [2.05, 4.69) is 37.9 Å². The number of imide groups is 1. The molecule has 1 saturated carbocycles. The number of nitrogens with two attached hydrogens (primary N) is 1. The molecular weight excluding hydrogens is 770 g/mol. The molecule has 1 aliphatic carbocycles. The molecule has 3 aliphatic heterocycles. The molecule has 302 valence electrons. The molecule has 2 atom stereocenters. The van der Waals surface area contributed by atoms with Gasteiger partial charge >= 0.3 is 0 Å². The summed E-state index contributed by atoms with van der Waals surface area (Å²) in [6.07, 6.45) is 2.30. The molecule has 3 fully saturated rings. The number of piperazine rings is 1. The maximum atomic E-state index is 16.7. The highest BCUT2D eigenvalue weighted by Crippen LogP contribution is 2.46. The predicted octanol–water partition coefficient (Wildman–Crippen LogP) is 5.62. The van der Waals surface area contributed by atoms with Crippen molar-refractivity contribution in [3.8, 4) is 11.3 Å². The molecule has 59 heavy (non-hydrogen) atoms. The molecule has 0 radical (unpaired) electrons. The van der Waals surface area contributed by atoms with Crippen LogP contribution in [0, 0.1) is 11.7 Å². The zero-order valence-corrected chi connectivity index (χ0v) is 33.6. The van der Waals surface area contributed by atoms with Crippen molar-refractivity contribution in [3.63, 3.8) is 0 Å². The predicted molar refractivity (Wildman–Crippen MR) is 226 cm³/mol. The third kappa shape index (κ3) is 6.47. The average molecular weight is 814 g/mol. The molecule has 10 rings (SSSR count). The molecule has 3 aromatic carbocycles. The highest BCUT2D eigenvalue weighted by atomic mass is 32.1. The van der Waals surface area contributed by atoms with Gasteiger partial charge in [-0.2, -0.15) is 5.10 Å². The van der Waals surface area contributed by atoms with Gasteiger partial charge in [0.05, 0.1) is 34.0 Å². The molecule has 6 heterocycles. The van der Waals surface area contributed by atoms with Crippen LogP contribution in [-0.2, 0) is 16.6 Å². The van der Waals surface area contributed by atoms with Gasteiger partial charge in [-0.25, -0.2) is 9.37 Å². The first-order valence-corrected chi connectivity index (χ1v) is 21.1. The standard InChI is InChI=1S/C44H44FN9O4S/c1-22-20-47-40-37-26-7-9-32(49-31(26)10-11-34(37)59-41(40)44(58)48-22)27-5-6-29(42(46)56)36(38(27)45)24-17-23(18-24)21-53-13-15-54(16-14-53)25-3-4-28-33(19-25)52(2)51-39(28)30-8-12-35(55)50-43(30)57/h3-7,9-11,19,22-24,30,47H,8,12-18,20-21H2,1-2H3,(H2,46,56)(H,48,58)(H,50,55,57)/t22-,23?,24?,30?/m1/s1. The molecule has 4 aliphatic rings. The Morgan fingerprint density at radius 2 is 1.80 bits per heavy atom. The maximum Gasteiger partial charge on any atom is 0.263 e. The monoisotopic (exact) mass is 813 g/mol. The Morgan fingerprint density at radius 1 is 1.00 bits per heavy atom. The molecular formula is C44H44FN9O4S. The van der Waals surface area contributed by atoms with Crippen molar-refractivity contribution in [2.75, 3.05) is 49.5 Å². The van der Waals surface area contributed by atoms with Crippen LogP contribution < -0.4 is 26.6 Å². The Hall–Kier alpha value is -5.93. The number of rotatable bonds is 7. The first-order valence-electron chi connectivity index (χ1n) is 20.3. The summed E-state index contributed by atoms with van der Waals surface area (Å²) in [7, 11) is 1.88. The normalized spacial score (nSPS) is 22.5. The first kappa shape index (κ1) is 37.3. The van der Waals surface area contributed by atoms with Crippen molar-refractivity contribution in [2.45, 2.75) is 50.5 Å². The molecule has 3 aromatic heterocycles. The second-order valence-corrected chi connectivity index (χ2v) is 17.6. The van der Waals surface area contributed by atoms with E-state index in [-0.39, 0.29) is 35.2 Å². The van der Waals surface area contributed by atoms with Crippen LogP contribution in [0.4, 0.5) is 15.8 Å². The van der Waals surface area contributed by atoms with Gasteiger partial charge in [-0.1, -0.05) is 0 Å². The minimum Gasteiger partial charge on any atom is -0.381 e. The molecule has 4 amide bonds. The van der Waals surface area contributed by atoms with Crippen molar-refractivity contribution in [1.29, 1.82) is 0 Å². The second-order valence-electron chi connectivity index (χ2n) is 16.6. The Balaban J connectivity index is 0.818. The number of aryl methyl sites for hydroxylation is 1. The fraction of sp³-hybridized carbons (Fsp3) is 0.364. The summed E-state index contributed by atoms with van der Waals surface area (Å²) >= 11 is 1.44. The summed E-state index contributed by atoms with van der Waals surface area (Å²) < 4.78 is 19.5. The third-order valence-corrected chi connectivity index (χ3v) is 13.9. The molecule has 6 aromatic rings. The average Bonchev–Trinajstić information content (AvgIpc) is 3.71. The van der Waals surface area contributed by atoms with E-state index in [1.54, 1.807) is 12.1 Å². The van der Waals surface area contributed by atoms with E-state index in [4.69, 9.17) is 15.8 Å². The summed E-state index contributed by atoms with van der Waals surface area (Å²) in [5.74, 6) is -1.90. The summed E-state index contributed by atoms with van der Waals surface area (Å²) in [4.78, 5) is 60.2. The van der Waals surface area contributed by atoms with Crippen LogP contribution >= 0.6 is 11.3 Å². The van der Waals surface area contributed by atoms with Gasteiger partial charge in [0, 0.05) is 102 Å². The van der Waals surface area contributed by atoms with Crippen LogP contribution in [0.25, 0.3) is 43.1 Å². The van der Waals surface area contributed by atoms with Crippen LogP contribution in [0.5, 0.6) is 0 Å². The van der Waals surface area contributed by atoms with Gasteiger partial charge in [-0.15, -0.1) is 11.3 Å². The van der Waals surface area contributed by atoms with Crippen molar-refractivity contribution < 1.29 is 23.6 Å². The van der Waals surface area contributed by atoms with E-state index in [0.717, 1.165) is 83.3 Å². The molecule has 1 unspecified atom stereocenters. The fourth-order valence-electron chi connectivity index (χ4n) is 9.64. The number of thiophene rings is 1. The molecule has 0 bridgehead atoms. The van der Waals surface area contributed by atoms with Crippen LogP contribution in [0.1, 0.15) is 75.7 Å². The number of piperidine rings is 1. The number of carbonyl (C=O) groups is 4. The van der Waals surface area contributed by atoms with E-state index >= 15 is 4.39 Å². The number of hydrogen-bond acceptors (Lipinski definition) is 10. The van der Waals surface area contributed by atoms with Crippen molar-refractivity contribution in [1.82, 2.24) is 30.3 Å². The number of primary amides is 1. The van der Waals surface area contributed by atoms with Gasteiger partial charge in [0.2, 0.25) is 17.7 Å². The number of nitrogens with zero attached hydrogens (tertiary/aromatic N) is 5. The zero-order chi connectivity index (χ0) is 40.7. The smallest absolute Gasteiger partial charge is 0.263 e. The summed E-state index contributed by atoms with van der Waals surface area (Å²) in [5.41, 5.74) is 11.5. The number of fused-ring (bicyclic) bond motifs is 6. The topological polar surface area (TPSA) is 168 Å². The number of anilines is 2. The highest BCUT2D eigenvalue weighted by Gasteiger charge is 2.37. The van der Waals surface area contributed by atoms with Gasteiger partial charge in [-0.05, 0) is 92.6 Å². The van der Waals surface area contributed by atoms with Crippen LogP contribution in [0.2, 0.25) is 0 Å². The number of halogens is 1. The lowest BCUT2D eigenvalue weighted by Crippen LogP contribution is -2.49. The second kappa shape index (κ2) is 14.4. The van der Waals surface area contributed by atoms with E-state index in [1.807, 2.05) is 49.0 Å². The number of amides is 4. The Morgan fingerprint density at radius 3 is 2.58 bits per heavy atom. The van der Waals surface area contributed by atoms with E-state index in [1.165, 1.54) is 11.3 Å². The number of aromatic nitrogens is 3. The fourth-order valence-corrected chi connectivity index (χ4v) is 10.7. The van der Waals surface area contributed by atoms with Gasteiger partial charge < -0.3 is 21.3 Å². The van der Waals surface area contributed by atoms with Gasteiger partial charge in [0.25, 0.3) is 5.91 Å². The van der Waals surface area contributed by atoms with E-state index in [9.17, 15) is 19.2 Å². The summed E-state index contributed by atoms with van der Waals surface area (Å²) in [5, 5.41) is 16.4. The Labute approximate surface area is 343 Å². The lowest BCUT2D eigenvalue weighted by Gasteiger charge is -2.42. The highest BCUT2D eigenvalue weighted by molar-refractivity contribution is 7.21. The number of hydrogen-bond donors (Lipinski definition) is 4. The number of nitrogens with one attached hydrogen (secondary N) is 3.